The Morgan fingerprint density at radius 1 is 0.531 bits per heavy atom. The number of rotatable bonds is 24. The zero-order chi connectivity index (χ0) is 23.1. The molecule has 0 fully saturated rings. The molecule has 0 aliphatic carbocycles. The Labute approximate surface area is 202 Å². The molecule has 32 heavy (non-hydrogen) atoms. The summed E-state index contributed by atoms with van der Waals surface area (Å²) in [6.07, 6.45) is 35.5. The number of nitrogens with zero attached hydrogens (tertiary/aromatic N) is 2. The van der Waals surface area contributed by atoms with Crippen LogP contribution in [0.3, 0.4) is 0 Å². The van der Waals surface area contributed by atoms with Crippen LogP contribution in [0.4, 0.5) is 0 Å². The van der Waals surface area contributed by atoms with Crippen molar-refractivity contribution in [2.24, 2.45) is 0 Å². The molecule has 0 spiro atoms. The van der Waals surface area contributed by atoms with E-state index in [1.54, 1.807) is 5.82 Å². The molecule has 0 aliphatic heterocycles. The predicted molar refractivity (Wildman–Crippen MR) is 142 cm³/mol. The number of hydrogen-bond donors (Lipinski definition) is 0. The third kappa shape index (κ3) is 15.1. The Kier molecular flexibility index (Phi) is 20.1. The highest BCUT2D eigenvalue weighted by atomic mass is 15.1. The molecule has 0 saturated carbocycles. The fourth-order valence-electron chi connectivity index (χ4n) is 4.91. The van der Waals surface area contributed by atoms with Crippen molar-refractivity contribution in [2.45, 2.75) is 175 Å². The van der Waals surface area contributed by atoms with Gasteiger partial charge in [-0.2, -0.15) is 0 Å². The van der Waals surface area contributed by atoms with Gasteiger partial charge in [0.1, 0.15) is 12.4 Å². The van der Waals surface area contributed by atoms with Gasteiger partial charge in [-0.05, 0) is 32.1 Å². The number of aryl methyl sites for hydroxylation is 2. The lowest BCUT2D eigenvalue weighted by atomic mass is 10.1. The Morgan fingerprint density at radius 2 is 0.969 bits per heavy atom. The molecular weight excluding hydrogens is 388 g/mol. The van der Waals surface area contributed by atoms with Crippen LogP contribution in [0.1, 0.15) is 161 Å². The van der Waals surface area contributed by atoms with Crippen molar-refractivity contribution >= 4 is 0 Å². The minimum atomic E-state index is 1.23. The molecule has 1 heterocycles. The van der Waals surface area contributed by atoms with E-state index in [4.69, 9.17) is 0 Å². The first-order chi connectivity index (χ1) is 15.8. The van der Waals surface area contributed by atoms with Crippen molar-refractivity contribution in [3.8, 4) is 0 Å². The maximum Gasteiger partial charge on any atom is 0.256 e. The molecule has 2 heteroatoms. The molecule has 0 aliphatic rings. The van der Waals surface area contributed by atoms with E-state index in [0.717, 1.165) is 0 Å². The fraction of sp³-hybridized carbons (Fsp3) is 0.900. The van der Waals surface area contributed by atoms with E-state index in [1.165, 1.54) is 154 Å². The summed E-state index contributed by atoms with van der Waals surface area (Å²) in [6.45, 7) is 9.37. The monoisotopic (exact) mass is 447 g/mol. The van der Waals surface area contributed by atoms with E-state index >= 15 is 0 Å². The van der Waals surface area contributed by atoms with Crippen LogP contribution < -0.4 is 4.57 Å². The molecule has 0 aromatic carbocycles. The Morgan fingerprint density at radius 3 is 1.50 bits per heavy atom. The predicted octanol–water partition coefficient (Wildman–Crippen LogP) is 9.57. The first kappa shape index (κ1) is 29.2. The summed E-state index contributed by atoms with van der Waals surface area (Å²) >= 11 is 0. The molecule has 1 aromatic heterocycles. The molecule has 1 aromatic rings. The second-order valence-electron chi connectivity index (χ2n) is 10.2. The van der Waals surface area contributed by atoms with Gasteiger partial charge in [0.05, 0.1) is 13.1 Å². The molecule has 0 radical (unpaired) electrons. The van der Waals surface area contributed by atoms with Crippen LogP contribution in [0.15, 0.2) is 12.4 Å². The van der Waals surface area contributed by atoms with Crippen molar-refractivity contribution in [3.63, 3.8) is 0 Å². The lowest BCUT2D eigenvalue weighted by Gasteiger charge is -2.07. The molecule has 0 bridgehead atoms. The topological polar surface area (TPSA) is 8.81 Å². The van der Waals surface area contributed by atoms with E-state index in [0.29, 0.717) is 0 Å². The van der Waals surface area contributed by atoms with Crippen LogP contribution in [0.5, 0.6) is 0 Å². The van der Waals surface area contributed by atoms with Crippen molar-refractivity contribution in [1.29, 1.82) is 0 Å². The van der Waals surface area contributed by atoms with Gasteiger partial charge in [-0.3, -0.25) is 0 Å². The Balaban J connectivity index is 2.36. The summed E-state index contributed by atoms with van der Waals surface area (Å²) in [7, 11) is 0. The zero-order valence-corrected chi connectivity index (χ0v) is 22.5. The average molecular weight is 448 g/mol. The van der Waals surface area contributed by atoms with Gasteiger partial charge in [0.25, 0.3) is 5.82 Å². The smallest absolute Gasteiger partial charge is 0.234 e. The fourth-order valence-corrected chi connectivity index (χ4v) is 4.91. The van der Waals surface area contributed by atoms with Gasteiger partial charge >= 0.3 is 0 Å². The van der Waals surface area contributed by atoms with Crippen LogP contribution in [0, 0.1) is 0 Å². The van der Waals surface area contributed by atoms with Crippen LogP contribution in [-0.2, 0) is 19.5 Å². The standard InChI is InChI=1S/C30H59N2/c1-4-7-10-13-15-17-20-23-26-31-28-29-32(30(31)25-22-19-12-9-6-3)27-24-21-18-16-14-11-8-5-2/h28-29H,4-27H2,1-3H3/q+1. The molecule has 188 valence electrons. The molecule has 0 amide bonds. The van der Waals surface area contributed by atoms with Gasteiger partial charge in [0, 0.05) is 6.42 Å². The highest BCUT2D eigenvalue weighted by Gasteiger charge is 2.16. The summed E-state index contributed by atoms with van der Waals surface area (Å²) in [5.41, 5.74) is 0. The maximum absolute atomic E-state index is 2.60. The van der Waals surface area contributed by atoms with Crippen LogP contribution in [0.25, 0.3) is 0 Å². The molecular formula is C30H59N2+. The van der Waals surface area contributed by atoms with Gasteiger partial charge in [-0.1, -0.05) is 124 Å². The molecule has 0 saturated heterocycles. The van der Waals surface area contributed by atoms with Gasteiger partial charge in [0.2, 0.25) is 0 Å². The summed E-state index contributed by atoms with van der Waals surface area (Å²) in [5.74, 6) is 1.60. The summed E-state index contributed by atoms with van der Waals surface area (Å²) in [5, 5.41) is 0. The van der Waals surface area contributed by atoms with Crippen LogP contribution in [0.2, 0.25) is 0 Å². The quantitative estimate of drug-likeness (QED) is 0.110. The zero-order valence-electron chi connectivity index (χ0n) is 22.5. The van der Waals surface area contributed by atoms with E-state index in [2.05, 4.69) is 42.3 Å². The number of imidazole rings is 1. The van der Waals surface area contributed by atoms with E-state index in [9.17, 15) is 0 Å². The highest BCUT2D eigenvalue weighted by Crippen LogP contribution is 2.13. The maximum atomic E-state index is 2.60. The number of unbranched alkanes of at least 4 members (excludes halogenated alkanes) is 18. The second kappa shape index (κ2) is 22.0. The second-order valence-corrected chi connectivity index (χ2v) is 10.2. The van der Waals surface area contributed by atoms with E-state index in [1.807, 2.05) is 0 Å². The highest BCUT2D eigenvalue weighted by molar-refractivity contribution is 4.84. The molecule has 0 atom stereocenters. The molecule has 0 unspecified atom stereocenters. The first-order valence-electron chi connectivity index (χ1n) is 14.9. The minimum Gasteiger partial charge on any atom is -0.234 e. The van der Waals surface area contributed by atoms with Gasteiger partial charge < -0.3 is 0 Å². The molecule has 2 nitrogen and oxygen atoms in total. The van der Waals surface area contributed by atoms with Gasteiger partial charge in [-0.25, -0.2) is 9.13 Å². The van der Waals surface area contributed by atoms with E-state index < -0.39 is 0 Å². The van der Waals surface area contributed by atoms with E-state index in [-0.39, 0.29) is 0 Å². The van der Waals surface area contributed by atoms with Crippen LogP contribution >= 0.6 is 0 Å². The lowest BCUT2D eigenvalue weighted by Crippen LogP contribution is -2.37. The summed E-state index contributed by atoms with van der Waals surface area (Å²) < 4.78 is 5.20. The third-order valence-electron chi connectivity index (χ3n) is 7.10. The van der Waals surface area contributed by atoms with Crippen molar-refractivity contribution < 1.29 is 4.57 Å². The summed E-state index contributed by atoms with van der Waals surface area (Å²) in [4.78, 5) is 0. The Hall–Kier alpha value is -0.790. The number of hydrogen-bond acceptors (Lipinski definition) is 0. The number of aromatic nitrogens is 2. The van der Waals surface area contributed by atoms with Gasteiger partial charge in [0.15, 0.2) is 0 Å². The van der Waals surface area contributed by atoms with Crippen molar-refractivity contribution in [1.82, 2.24) is 4.57 Å². The lowest BCUT2D eigenvalue weighted by molar-refractivity contribution is -0.704. The first-order valence-corrected chi connectivity index (χ1v) is 14.9. The minimum absolute atomic E-state index is 1.23. The van der Waals surface area contributed by atoms with Crippen molar-refractivity contribution in [3.05, 3.63) is 18.2 Å². The summed E-state index contributed by atoms with van der Waals surface area (Å²) in [6, 6.07) is 0. The van der Waals surface area contributed by atoms with Crippen LogP contribution in [-0.4, -0.2) is 4.57 Å². The van der Waals surface area contributed by atoms with Gasteiger partial charge in [-0.15, -0.1) is 0 Å². The normalized spacial score (nSPS) is 11.5. The largest absolute Gasteiger partial charge is 0.256 e. The third-order valence-corrected chi connectivity index (χ3v) is 7.10. The molecule has 1 rings (SSSR count). The van der Waals surface area contributed by atoms with Crippen molar-refractivity contribution in [2.75, 3.05) is 0 Å². The SMILES string of the molecule is CCCCCCCCCCn1cc[n+](CCCCCCCCCC)c1CCCCCCC. The molecule has 0 N–H and O–H groups in total. The Bertz CT molecular complexity index is 467. The average Bonchev–Trinajstić information content (AvgIpc) is 3.18.